The summed E-state index contributed by atoms with van der Waals surface area (Å²) in [5.74, 6) is -0.145. The molecule has 0 bridgehead atoms. The van der Waals surface area contributed by atoms with Crippen molar-refractivity contribution in [2.45, 2.75) is 26.3 Å². The molecule has 8 heteroatoms. The van der Waals surface area contributed by atoms with Gasteiger partial charge in [0.15, 0.2) is 11.5 Å². The van der Waals surface area contributed by atoms with E-state index in [4.69, 9.17) is 18.9 Å². The molecule has 0 spiro atoms. The third-order valence-electron chi connectivity index (χ3n) is 5.46. The molecule has 34 heavy (non-hydrogen) atoms. The summed E-state index contributed by atoms with van der Waals surface area (Å²) in [6.45, 7) is 5.26. The van der Waals surface area contributed by atoms with Gasteiger partial charge in [-0.1, -0.05) is 25.1 Å². The summed E-state index contributed by atoms with van der Waals surface area (Å²) in [5.41, 5.74) is 0.997. The fourth-order valence-electron chi connectivity index (χ4n) is 3.88. The quantitative estimate of drug-likeness (QED) is 0.302. The molecule has 0 aromatic heterocycles. The Hall–Kier alpha value is -3.52. The number of aliphatic hydroxyl groups is 1. The summed E-state index contributed by atoms with van der Waals surface area (Å²) < 4.78 is 21.9. The summed E-state index contributed by atoms with van der Waals surface area (Å²) in [4.78, 5) is 27.5. The van der Waals surface area contributed by atoms with Gasteiger partial charge in [0.1, 0.15) is 11.5 Å². The molecule has 1 atom stereocenters. The predicted molar refractivity (Wildman–Crippen MR) is 127 cm³/mol. The number of likely N-dealkylation sites (tertiary alicyclic amines) is 1. The molecule has 1 saturated heterocycles. The van der Waals surface area contributed by atoms with Crippen molar-refractivity contribution in [3.05, 3.63) is 59.2 Å². The van der Waals surface area contributed by atoms with Crippen LogP contribution in [-0.4, -0.2) is 62.3 Å². The van der Waals surface area contributed by atoms with Crippen LogP contribution in [0.1, 0.15) is 37.4 Å². The molecular weight excluding hydrogens is 438 g/mol. The third-order valence-corrected chi connectivity index (χ3v) is 5.46. The first-order valence-corrected chi connectivity index (χ1v) is 11.3. The van der Waals surface area contributed by atoms with Crippen LogP contribution in [0, 0.1) is 0 Å². The standard InChI is InChI=1S/C26H31NO7/c1-5-13-34-19-9-7-8-18(15-19)24(28)22-23(27(12-14-31-3)26(30)25(22)29)17-10-11-20(33-6-2)21(16-17)32-4/h7-11,15-16,23,28H,5-6,12-14H2,1-4H3. The Balaban J connectivity index is 2.14. The summed E-state index contributed by atoms with van der Waals surface area (Å²) in [6, 6.07) is 11.2. The number of Topliss-reactive ketones (excluding diaryl/α,β-unsaturated/α-hetero) is 1. The number of benzene rings is 2. The lowest BCUT2D eigenvalue weighted by Crippen LogP contribution is -2.32. The summed E-state index contributed by atoms with van der Waals surface area (Å²) in [5, 5.41) is 11.2. The molecule has 1 unspecified atom stereocenters. The van der Waals surface area contributed by atoms with Gasteiger partial charge in [0.2, 0.25) is 0 Å². The first-order valence-electron chi connectivity index (χ1n) is 11.3. The van der Waals surface area contributed by atoms with E-state index in [0.29, 0.717) is 41.6 Å². The third kappa shape index (κ3) is 5.17. The lowest BCUT2D eigenvalue weighted by Gasteiger charge is -2.25. The molecule has 1 heterocycles. The van der Waals surface area contributed by atoms with E-state index in [-0.39, 0.29) is 24.5 Å². The lowest BCUT2D eigenvalue weighted by molar-refractivity contribution is -0.140. The second-order valence-electron chi connectivity index (χ2n) is 7.70. The van der Waals surface area contributed by atoms with E-state index >= 15 is 0 Å². The maximum absolute atomic E-state index is 13.1. The Morgan fingerprint density at radius 3 is 2.47 bits per heavy atom. The Morgan fingerprint density at radius 2 is 1.79 bits per heavy atom. The molecule has 2 aromatic carbocycles. The molecule has 1 aliphatic heterocycles. The Bertz CT molecular complexity index is 1060. The normalized spacial score (nSPS) is 17.2. The number of rotatable bonds is 11. The van der Waals surface area contributed by atoms with E-state index < -0.39 is 17.7 Å². The van der Waals surface area contributed by atoms with Crippen molar-refractivity contribution < 1.29 is 33.6 Å². The van der Waals surface area contributed by atoms with Crippen molar-refractivity contribution in [2.75, 3.05) is 40.6 Å². The predicted octanol–water partition coefficient (Wildman–Crippen LogP) is 3.95. The zero-order valence-corrected chi connectivity index (χ0v) is 20.0. The van der Waals surface area contributed by atoms with Gasteiger partial charge in [0, 0.05) is 19.2 Å². The highest BCUT2D eigenvalue weighted by Crippen LogP contribution is 2.42. The number of ether oxygens (including phenoxy) is 4. The summed E-state index contributed by atoms with van der Waals surface area (Å²) >= 11 is 0. The first-order chi connectivity index (χ1) is 16.5. The number of carbonyl (C=O) groups is 2. The second kappa shape index (κ2) is 11.6. The highest BCUT2D eigenvalue weighted by molar-refractivity contribution is 6.46. The zero-order valence-electron chi connectivity index (χ0n) is 20.0. The maximum Gasteiger partial charge on any atom is 0.295 e. The van der Waals surface area contributed by atoms with Gasteiger partial charge in [-0.15, -0.1) is 0 Å². The van der Waals surface area contributed by atoms with Crippen LogP contribution >= 0.6 is 0 Å². The van der Waals surface area contributed by atoms with Gasteiger partial charge in [0.05, 0.1) is 38.5 Å². The van der Waals surface area contributed by atoms with E-state index in [9.17, 15) is 14.7 Å². The number of ketones is 1. The lowest BCUT2D eigenvalue weighted by atomic mass is 9.95. The van der Waals surface area contributed by atoms with Crippen LogP contribution in [0.25, 0.3) is 5.76 Å². The van der Waals surface area contributed by atoms with Gasteiger partial charge < -0.3 is 29.0 Å². The van der Waals surface area contributed by atoms with E-state index in [2.05, 4.69) is 0 Å². The largest absolute Gasteiger partial charge is 0.507 e. The maximum atomic E-state index is 13.1. The fourth-order valence-corrected chi connectivity index (χ4v) is 3.88. The van der Waals surface area contributed by atoms with Crippen LogP contribution < -0.4 is 14.2 Å². The van der Waals surface area contributed by atoms with Crippen molar-refractivity contribution >= 4 is 17.4 Å². The Morgan fingerprint density at radius 1 is 1.00 bits per heavy atom. The van der Waals surface area contributed by atoms with Crippen LogP contribution in [0.5, 0.6) is 17.2 Å². The van der Waals surface area contributed by atoms with Crippen LogP contribution in [0.15, 0.2) is 48.0 Å². The van der Waals surface area contributed by atoms with Crippen LogP contribution in [0.3, 0.4) is 0 Å². The monoisotopic (exact) mass is 469 g/mol. The van der Waals surface area contributed by atoms with Crippen LogP contribution in [0.4, 0.5) is 0 Å². The van der Waals surface area contributed by atoms with Crippen molar-refractivity contribution in [1.29, 1.82) is 0 Å². The molecule has 1 amide bonds. The average molecular weight is 470 g/mol. The van der Waals surface area contributed by atoms with Gasteiger partial charge in [-0.3, -0.25) is 9.59 Å². The number of carbonyl (C=O) groups excluding carboxylic acids is 2. The van der Waals surface area contributed by atoms with Crippen molar-refractivity contribution in [3.8, 4) is 17.2 Å². The molecule has 0 aliphatic carbocycles. The number of hydrogen-bond donors (Lipinski definition) is 1. The topological polar surface area (TPSA) is 94.5 Å². The fraction of sp³-hybridized carbons (Fsp3) is 0.385. The molecule has 1 fully saturated rings. The molecule has 0 radical (unpaired) electrons. The van der Waals surface area contributed by atoms with Crippen molar-refractivity contribution in [2.24, 2.45) is 0 Å². The Labute approximate surface area is 199 Å². The van der Waals surface area contributed by atoms with E-state index in [1.54, 1.807) is 42.5 Å². The zero-order chi connectivity index (χ0) is 24.7. The minimum absolute atomic E-state index is 0.0000393. The van der Waals surface area contributed by atoms with E-state index in [1.807, 2.05) is 13.8 Å². The van der Waals surface area contributed by atoms with Crippen LogP contribution in [0.2, 0.25) is 0 Å². The van der Waals surface area contributed by atoms with E-state index in [1.165, 1.54) is 19.1 Å². The van der Waals surface area contributed by atoms with Gasteiger partial charge in [-0.05, 0) is 43.2 Å². The van der Waals surface area contributed by atoms with Crippen molar-refractivity contribution in [3.63, 3.8) is 0 Å². The first kappa shape index (κ1) is 25.1. The van der Waals surface area contributed by atoms with Gasteiger partial charge >= 0.3 is 0 Å². The average Bonchev–Trinajstić information content (AvgIpc) is 3.11. The summed E-state index contributed by atoms with van der Waals surface area (Å²) in [7, 11) is 3.04. The molecule has 8 nitrogen and oxygen atoms in total. The number of nitrogens with zero attached hydrogens (tertiary/aromatic N) is 1. The van der Waals surface area contributed by atoms with Gasteiger partial charge in [-0.25, -0.2) is 0 Å². The minimum Gasteiger partial charge on any atom is -0.507 e. The van der Waals surface area contributed by atoms with Gasteiger partial charge in [0.25, 0.3) is 11.7 Å². The number of hydrogen-bond acceptors (Lipinski definition) is 7. The minimum atomic E-state index is -0.819. The van der Waals surface area contributed by atoms with Crippen molar-refractivity contribution in [1.82, 2.24) is 4.90 Å². The molecule has 182 valence electrons. The van der Waals surface area contributed by atoms with E-state index in [0.717, 1.165) is 6.42 Å². The SMILES string of the molecule is CCCOc1cccc(C(O)=C2C(=O)C(=O)N(CCOC)C2c2ccc(OCC)c(OC)c2)c1. The molecule has 1 N–H and O–H groups in total. The summed E-state index contributed by atoms with van der Waals surface area (Å²) in [6.07, 6.45) is 0.834. The molecule has 0 saturated carbocycles. The number of methoxy groups -OCH3 is 2. The molecule has 3 rings (SSSR count). The molecular formula is C26H31NO7. The Kier molecular flexibility index (Phi) is 8.54. The second-order valence-corrected chi connectivity index (χ2v) is 7.70. The highest BCUT2D eigenvalue weighted by Gasteiger charge is 2.46. The number of amides is 1. The molecule has 2 aromatic rings. The van der Waals surface area contributed by atoms with Gasteiger partial charge in [-0.2, -0.15) is 0 Å². The highest BCUT2D eigenvalue weighted by atomic mass is 16.5. The smallest absolute Gasteiger partial charge is 0.295 e. The number of aliphatic hydroxyl groups excluding tert-OH is 1. The molecule has 1 aliphatic rings. The van der Waals surface area contributed by atoms with Crippen LogP contribution in [-0.2, 0) is 14.3 Å².